The van der Waals surface area contributed by atoms with Gasteiger partial charge in [-0.15, -0.1) is 0 Å². The van der Waals surface area contributed by atoms with Crippen LogP contribution in [0.15, 0.2) is 67.0 Å². The first-order chi connectivity index (χ1) is 16.0. The van der Waals surface area contributed by atoms with Crippen LogP contribution in [0.4, 0.5) is 5.82 Å². The lowest BCUT2D eigenvalue weighted by Crippen LogP contribution is -2.23. The van der Waals surface area contributed by atoms with Crippen molar-refractivity contribution in [2.45, 2.75) is 32.9 Å². The number of hydrogen-bond acceptors (Lipinski definition) is 5. The lowest BCUT2D eigenvalue weighted by atomic mass is 10.1. The lowest BCUT2D eigenvalue weighted by Gasteiger charge is -2.10. The molecule has 0 saturated carbocycles. The first-order valence-electron chi connectivity index (χ1n) is 11.1. The molecule has 2 aromatic carbocycles. The van der Waals surface area contributed by atoms with Crippen LogP contribution in [-0.2, 0) is 6.54 Å². The van der Waals surface area contributed by atoms with Gasteiger partial charge >= 0.3 is 0 Å². The van der Waals surface area contributed by atoms with Gasteiger partial charge in [0, 0.05) is 17.7 Å². The molecule has 33 heavy (non-hydrogen) atoms. The maximum atomic E-state index is 12.5. The third-order valence-corrected chi connectivity index (χ3v) is 6.18. The summed E-state index contributed by atoms with van der Waals surface area (Å²) in [5, 5.41) is 8.67. The third-order valence-electron chi connectivity index (χ3n) is 6.18. The van der Waals surface area contributed by atoms with Crippen LogP contribution in [0.25, 0.3) is 22.3 Å². The number of fused-ring (bicyclic) bond motifs is 1. The minimum atomic E-state index is -0.0781. The molecule has 0 fully saturated rings. The van der Waals surface area contributed by atoms with Gasteiger partial charge in [0.05, 0.1) is 11.4 Å². The summed E-state index contributed by atoms with van der Waals surface area (Å²) in [4.78, 5) is 21.2. The molecule has 7 heteroatoms. The van der Waals surface area contributed by atoms with Crippen molar-refractivity contribution in [3.63, 3.8) is 0 Å². The molecule has 7 nitrogen and oxygen atoms in total. The largest absolute Gasteiger partial charge is 0.383 e. The molecule has 0 spiro atoms. The summed E-state index contributed by atoms with van der Waals surface area (Å²) >= 11 is 0. The van der Waals surface area contributed by atoms with Gasteiger partial charge in [0.2, 0.25) is 0 Å². The van der Waals surface area contributed by atoms with E-state index in [0.717, 1.165) is 39.8 Å². The average molecular weight is 439 g/mol. The van der Waals surface area contributed by atoms with Gasteiger partial charge in [-0.25, -0.2) is 14.6 Å². The molecule has 2 aromatic heterocycles. The number of carbonyl (C=O) groups is 1. The van der Waals surface area contributed by atoms with E-state index in [1.165, 1.54) is 6.33 Å². The van der Waals surface area contributed by atoms with Gasteiger partial charge < -0.3 is 11.1 Å². The zero-order chi connectivity index (χ0) is 22.9. The zero-order valence-electron chi connectivity index (χ0n) is 18.7. The minimum absolute atomic E-state index is 0.0781. The van der Waals surface area contributed by atoms with Gasteiger partial charge in [-0.1, -0.05) is 61.5 Å². The monoisotopic (exact) mass is 438 g/mol. The summed E-state index contributed by atoms with van der Waals surface area (Å²) in [6.07, 6.45) is 6.86. The van der Waals surface area contributed by atoms with Crippen molar-refractivity contribution >= 4 is 22.8 Å². The lowest BCUT2D eigenvalue weighted by molar-refractivity contribution is 0.0950. The number of rotatable bonds is 5. The predicted octanol–water partition coefficient (Wildman–Crippen LogP) is 4.45. The Labute approximate surface area is 192 Å². The van der Waals surface area contributed by atoms with Crippen molar-refractivity contribution in [3.8, 4) is 11.3 Å². The van der Waals surface area contributed by atoms with Crippen molar-refractivity contribution in [1.29, 1.82) is 0 Å². The number of anilines is 1. The van der Waals surface area contributed by atoms with E-state index < -0.39 is 0 Å². The Kier molecular flexibility index (Phi) is 5.38. The van der Waals surface area contributed by atoms with E-state index in [4.69, 9.17) is 10.8 Å². The molecule has 0 saturated heterocycles. The molecule has 2 heterocycles. The van der Waals surface area contributed by atoms with Crippen LogP contribution < -0.4 is 11.1 Å². The van der Waals surface area contributed by atoms with Crippen molar-refractivity contribution in [1.82, 2.24) is 25.1 Å². The summed E-state index contributed by atoms with van der Waals surface area (Å²) in [5.74, 6) is 0.850. The molecular weight excluding hydrogens is 412 g/mol. The summed E-state index contributed by atoms with van der Waals surface area (Å²) in [6.45, 7) is 4.58. The number of carbonyl (C=O) groups excluding carboxylic acids is 1. The second-order valence-electron chi connectivity index (χ2n) is 8.61. The number of nitrogens with one attached hydrogen (secondary N) is 1. The number of nitrogen functional groups attached to an aromatic ring is 1. The Balaban J connectivity index is 1.40. The first-order valence-corrected chi connectivity index (χ1v) is 11.1. The molecule has 4 aromatic rings. The number of aryl methyl sites for hydroxylation is 1. The molecule has 0 radical (unpaired) electrons. The molecule has 0 bridgehead atoms. The Hall–Kier alpha value is -4.00. The van der Waals surface area contributed by atoms with E-state index in [0.29, 0.717) is 23.8 Å². The number of hydrogen-bond donors (Lipinski definition) is 2. The van der Waals surface area contributed by atoms with Gasteiger partial charge in [0.25, 0.3) is 5.91 Å². The Morgan fingerprint density at radius 2 is 1.91 bits per heavy atom. The SMILES string of the molecule is Cc1ccccc1C(=O)NCc1ccc(-c2nn([C@H]3C=C[C@H](C)C3)c3ncnc(N)c23)cc1. The molecule has 0 unspecified atom stereocenters. The molecule has 1 amide bonds. The summed E-state index contributed by atoms with van der Waals surface area (Å²) in [5.41, 5.74) is 11.3. The van der Waals surface area contributed by atoms with E-state index in [1.54, 1.807) is 0 Å². The highest BCUT2D eigenvalue weighted by Gasteiger charge is 2.24. The maximum absolute atomic E-state index is 12.5. The van der Waals surface area contributed by atoms with Gasteiger partial charge in [-0.05, 0) is 36.5 Å². The van der Waals surface area contributed by atoms with Gasteiger partial charge in [0.1, 0.15) is 17.8 Å². The molecule has 166 valence electrons. The van der Waals surface area contributed by atoms with Crippen LogP contribution in [0.1, 0.15) is 40.9 Å². The second kappa shape index (κ2) is 8.50. The number of benzene rings is 2. The van der Waals surface area contributed by atoms with E-state index in [-0.39, 0.29) is 11.9 Å². The topological polar surface area (TPSA) is 98.7 Å². The second-order valence-corrected chi connectivity index (χ2v) is 8.61. The first kappa shape index (κ1) is 20.9. The van der Waals surface area contributed by atoms with E-state index in [2.05, 4.69) is 34.4 Å². The minimum Gasteiger partial charge on any atom is -0.383 e. The average Bonchev–Trinajstić information content (AvgIpc) is 3.42. The Bertz CT molecular complexity index is 1360. The Morgan fingerprint density at radius 3 is 2.64 bits per heavy atom. The Morgan fingerprint density at radius 1 is 1.12 bits per heavy atom. The van der Waals surface area contributed by atoms with E-state index in [1.807, 2.05) is 60.1 Å². The maximum Gasteiger partial charge on any atom is 0.251 e. The number of nitrogens with zero attached hydrogens (tertiary/aromatic N) is 4. The van der Waals surface area contributed by atoms with Crippen molar-refractivity contribution in [2.75, 3.05) is 5.73 Å². The van der Waals surface area contributed by atoms with Crippen LogP contribution in [0.2, 0.25) is 0 Å². The molecular formula is C26H26N6O. The summed E-state index contributed by atoms with van der Waals surface area (Å²) in [7, 11) is 0. The molecule has 3 N–H and O–H groups in total. The van der Waals surface area contributed by atoms with Crippen molar-refractivity contribution < 1.29 is 4.79 Å². The van der Waals surface area contributed by atoms with Crippen LogP contribution in [0.5, 0.6) is 0 Å². The predicted molar refractivity (Wildman–Crippen MR) is 129 cm³/mol. The zero-order valence-corrected chi connectivity index (χ0v) is 18.7. The fraction of sp³-hybridized carbons (Fsp3) is 0.231. The van der Waals surface area contributed by atoms with Crippen LogP contribution in [0, 0.1) is 12.8 Å². The van der Waals surface area contributed by atoms with Crippen molar-refractivity contribution in [3.05, 3.63) is 83.7 Å². The number of allylic oxidation sites excluding steroid dienone is 2. The summed E-state index contributed by atoms with van der Waals surface area (Å²) in [6, 6.07) is 15.7. The summed E-state index contributed by atoms with van der Waals surface area (Å²) < 4.78 is 1.96. The van der Waals surface area contributed by atoms with E-state index in [9.17, 15) is 4.79 Å². The molecule has 1 aliphatic rings. The third kappa shape index (κ3) is 3.98. The van der Waals surface area contributed by atoms with Gasteiger partial charge in [-0.3, -0.25) is 4.79 Å². The number of aromatic nitrogens is 4. The van der Waals surface area contributed by atoms with E-state index >= 15 is 0 Å². The highest BCUT2D eigenvalue weighted by Crippen LogP contribution is 2.35. The molecule has 1 aliphatic carbocycles. The highest BCUT2D eigenvalue weighted by atomic mass is 16.1. The molecule has 5 rings (SSSR count). The number of nitrogens with two attached hydrogens (primary N) is 1. The fourth-order valence-corrected chi connectivity index (χ4v) is 4.35. The standard InChI is InChI=1S/C26H26N6O/c1-16-7-12-20(13-16)32-25-22(24(27)29-15-30-25)23(31-32)19-10-8-18(9-11-19)14-28-26(33)21-6-4-3-5-17(21)2/h3-12,15-16,20H,13-14H2,1-2H3,(H,28,33)(H2,27,29,30)/t16-,20-/m0/s1. The van der Waals surface area contributed by atoms with Crippen LogP contribution >= 0.6 is 0 Å². The van der Waals surface area contributed by atoms with Crippen LogP contribution in [0.3, 0.4) is 0 Å². The van der Waals surface area contributed by atoms with Crippen LogP contribution in [-0.4, -0.2) is 25.7 Å². The smallest absolute Gasteiger partial charge is 0.251 e. The fourth-order valence-electron chi connectivity index (χ4n) is 4.35. The quantitative estimate of drug-likeness (QED) is 0.449. The molecule has 0 aliphatic heterocycles. The molecule has 2 atom stereocenters. The highest BCUT2D eigenvalue weighted by molar-refractivity contribution is 5.98. The van der Waals surface area contributed by atoms with Gasteiger partial charge in [-0.2, -0.15) is 5.10 Å². The number of amides is 1. The normalized spacial score (nSPS) is 17.5. The van der Waals surface area contributed by atoms with Gasteiger partial charge in [0.15, 0.2) is 5.65 Å². The van der Waals surface area contributed by atoms with Crippen molar-refractivity contribution in [2.24, 2.45) is 5.92 Å².